The van der Waals surface area contributed by atoms with Crippen molar-refractivity contribution in [2.24, 2.45) is 5.41 Å². The molecule has 2 heteroatoms. The van der Waals surface area contributed by atoms with Gasteiger partial charge in [-0.25, -0.2) is 0 Å². The van der Waals surface area contributed by atoms with Crippen LogP contribution < -0.4 is 5.32 Å². The van der Waals surface area contributed by atoms with Crippen LogP contribution in [0, 0.1) is 5.41 Å². The lowest BCUT2D eigenvalue weighted by molar-refractivity contribution is -0.113. The predicted octanol–water partition coefficient (Wildman–Crippen LogP) is 1.70. The Kier molecular flexibility index (Phi) is 1.45. The Morgan fingerprint density at radius 2 is 1.92 bits per heavy atom. The van der Waals surface area contributed by atoms with Crippen molar-refractivity contribution in [1.82, 2.24) is 5.32 Å². The SMILES string of the molecule is CNC1CC2(CC2)O[C@@H](C)C12CC2. The van der Waals surface area contributed by atoms with Crippen molar-refractivity contribution in [3.05, 3.63) is 0 Å². The maximum atomic E-state index is 6.15. The van der Waals surface area contributed by atoms with Crippen LogP contribution in [0.4, 0.5) is 0 Å². The zero-order valence-corrected chi connectivity index (χ0v) is 8.60. The molecule has 1 saturated heterocycles. The van der Waals surface area contributed by atoms with Crippen molar-refractivity contribution in [2.45, 2.75) is 56.8 Å². The fourth-order valence-electron chi connectivity index (χ4n) is 3.15. The van der Waals surface area contributed by atoms with Gasteiger partial charge in [-0.2, -0.15) is 0 Å². The van der Waals surface area contributed by atoms with Crippen LogP contribution in [0.1, 0.15) is 39.0 Å². The Morgan fingerprint density at radius 3 is 2.38 bits per heavy atom. The summed E-state index contributed by atoms with van der Waals surface area (Å²) >= 11 is 0. The summed E-state index contributed by atoms with van der Waals surface area (Å²) in [7, 11) is 2.11. The highest BCUT2D eigenvalue weighted by Gasteiger charge is 2.63. The average Bonchev–Trinajstić information content (AvgIpc) is 2.94. The highest BCUT2D eigenvalue weighted by atomic mass is 16.5. The molecule has 1 unspecified atom stereocenters. The van der Waals surface area contributed by atoms with Gasteiger partial charge in [-0.05, 0) is 46.1 Å². The lowest BCUT2D eigenvalue weighted by atomic mass is 9.83. The van der Waals surface area contributed by atoms with Crippen molar-refractivity contribution < 1.29 is 4.74 Å². The van der Waals surface area contributed by atoms with Gasteiger partial charge in [0.2, 0.25) is 0 Å². The summed E-state index contributed by atoms with van der Waals surface area (Å²) in [4.78, 5) is 0. The molecular formula is C11H19NO. The standard InChI is InChI=1S/C11H19NO/c1-8-11(5-6-11)9(12-2)7-10(13-8)3-4-10/h8-9,12H,3-7H2,1-2H3/t8-,9?/m0/s1. The molecular weight excluding hydrogens is 162 g/mol. The van der Waals surface area contributed by atoms with Gasteiger partial charge in [0, 0.05) is 11.5 Å². The third-order valence-electron chi connectivity index (χ3n) is 4.49. The summed E-state index contributed by atoms with van der Waals surface area (Å²) in [6.07, 6.45) is 7.08. The topological polar surface area (TPSA) is 21.3 Å². The number of nitrogens with one attached hydrogen (secondary N) is 1. The first-order chi connectivity index (χ1) is 6.21. The molecule has 1 N–H and O–H groups in total. The highest BCUT2D eigenvalue weighted by molar-refractivity contribution is 5.15. The molecule has 2 nitrogen and oxygen atoms in total. The van der Waals surface area contributed by atoms with E-state index < -0.39 is 0 Å². The average molecular weight is 181 g/mol. The minimum absolute atomic E-state index is 0.306. The van der Waals surface area contributed by atoms with Crippen LogP contribution in [0.5, 0.6) is 0 Å². The summed E-state index contributed by atoms with van der Waals surface area (Å²) in [5.41, 5.74) is 0.823. The molecule has 3 aliphatic rings. The predicted molar refractivity (Wildman–Crippen MR) is 51.6 cm³/mol. The first kappa shape index (κ1) is 8.25. The van der Waals surface area contributed by atoms with E-state index >= 15 is 0 Å². The van der Waals surface area contributed by atoms with Gasteiger partial charge in [0.1, 0.15) is 0 Å². The number of ether oxygens (including phenoxy) is 1. The number of rotatable bonds is 1. The molecule has 0 aromatic rings. The molecule has 0 bridgehead atoms. The van der Waals surface area contributed by atoms with Crippen molar-refractivity contribution in [3.8, 4) is 0 Å². The molecule has 0 radical (unpaired) electrons. The smallest absolute Gasteiger partial charge is 0.0703 e. The Bertz CT molecular complexity index is 230. The second-order valence-corrected chi connectivity index (χ2v) is 5.22. The normalized spacial score (nSPS) is 43.8. The van der Waals surface area contributed by atoms with E-state index in [1.54, 1.807) is 0 Å². The van der Waals surface area contributed by atoms with E-state index in [0.717, 1.165) is 6.04 Å². The monoisotopic (exact) mass is 181 g/mol. The molecule has 1 heterocycles. The molecule has 74 valence electrons. The highest BCUT2D eigenvalue weighted by Crippen LogP contribution is 2.62. The minimum Gasteiger partial charge on any atom is -0.371 e. The lowest BCUT2D eigenvalue weighted by Crippen LogP contribution is -2.51. The van der Waals surface area contributed by atoms with E-state index in [-0.39, 0.29) is 0 Å². The molecule has 2 atom stereocenters. The van der Waals surface area contributed by atoms with E-state index in [2.05, 4.69) is 19.3 Å². The van der Waals surface area contributed by atoms with E-state index in [4.69, 9.17) is 4.74 Å². The maximum absolute atomic E-state index is 6.15. The summed E-state index contributed by atoms with van der Waals surface area (Å²) in [6.45, 7) is 2.27. The zero-order valence-electron chi connectivity index (χ0n) is 8.60. The fourth-order valence-corrected chi connectivity index (χ4v) is 3.15. The van der Waals surface area contributed by atoms with Crippen LogP contribution in [0.2, 0.25) is 0 Å². The van der Waals surface area contributed by atoms with Gasteiger partial charge in [-0.3, -0.25) is 0 Å². The Balaban J connectivity index is 1.83. The van der Waals surface area contributed by atoms with Crippen molar-refractivity contribution in [3.63, 3.8) is 0 Å². The molecule has 3 rings (SSSR count). The summed E-state index contributed by atoms with van der Waals surface area (Å²) in [5.74, 6) is 0. The molecule has 2 aliphatic carbocycles. The second kappa shape index (κ2) is 2.29. The summed E-state index contributed by atoms with van der Waals surface area (Å²) in [5, 5.41) is 3.50. The van der Waals surface area contributed by atoms with Gasteiger partial charge in [0.25, 0.3) is 0 Å². The molecule has 0 amide bonds. The molecule has 2 saturated carbocycles. The van der Waals surface area contributed by atoms with E-state index in [1.165, 1.54) is 32.1 Å². The van der Waals surface area contributed by atoms with E-state index in [0.29, 0.717) is 17.1 Å². The van der Waals surface area contributed by atoms with Gasteiger partial charge in [-0.15, -0.1) is 0 Å². The Morgan fingerprint density at radius 1 is 1.23 bits per heavy atom. The summed E-state index contributed by atoms with van der Waals surface area (Å²) in [6, 6.07) is 0.721. The Labute approximate surface area is 80.0 Å². The Hall–Kier alpha value is -0.0800. The quantitative estimate of drug-likeness (QED) is 0.664. The van der Waals surface area contributed by atoms with Gasteiger partial charge in [0.05, 0.1) is 11.7 Å². The fraction of sp³-hybridized carbons (Fsp3) is 1.00. The van der Waals surface area contributed by atoms with Crippen LogP contribution in [0.3, 0.4) is 0 Å². The lowest BCUT2D eigenvalue weighted by Gasteiger charge is -2.42. The van der Waals surface area contributed by atoms with Crippen LogP contribution >= 0.6 is 0 Å². The zero-order chi connectivity index (χ0) is 9.10. The van der Waals surface area contributed by atoms with Crippen molar-refractivity contribution in [2.75, 3.05) is 7.05 Å². The van der Waals surface area contributed by atoms with Crippen LogP contribution in [-0.2, 0) is 4.74 Å². The second-order valence-electron chi connectivity index (χ2n) is 5.22. The third-order valence-corrected chi connectivity index (χ3v) is 4.49. The van der Waals surface area contributed by atoms with Gasteiger partial charge in [-0.1, -0.05) is 0 Å². The summed E-state index contributed by atoms with van der Waals surface area (Å²) < 4.78 is 6.15. The number of hydrogen-bond acceptors (Lipinski definition) is 2. The van der Waals surface area contributed by atoms with Gasteiger partial charge >= 0.3 is 0 Å². The van der Waals surface area contributed by atoms with Crippen molar-refractivity contribution in [1.29, 1.82) is 0 Å². The molecule has 1 aliphatic heterocycles. The van der Waals surface area contributed by atoms with E-state index in [1.807, 2.05) is 0 Å². The maximum Gasteiger partial charge on any atom is 0.0703 e. The molecule has 0 aromatic carbocycles. The van der Waals surface area contributed by atoms with Gasteiger partial charge < -0.3 is 10.1 Å². The molecule has 2 spiro atoms. The minimum atomic E-state index is 0.306. The largest absolute Gasteiger partial charge is 0.371 e. The first-order valence-corrected chi connectivity index (χ1v) is 5.56. The third kappa shape index (κ3) is 1.02. The van der Waals surface area contributed by atoms with Gasteiger partial charge in [0.15, 0.2) is 0 Å². The number of hydrogen-bond donors (Lipinski definition) is 1. The van der Waals surface area contributed by atoms with Crippen molar-refractivity contribution >= 4 is 0 Å². The van der Waals surface area contributed by atoms with E-state index in [9.17, 15) is 0 Å². The van der Waals surface area contributed by atoms with Crippen LogP contribution in [0.25, 0.3) is 0 Å². The molecule has 3 fully saturated rings. The van der Waals surface area contributed by atoms with Crippen LogP contribution in [-0.4, -0.2) is 24.8 Å². The van der Waals surface area contributed by atoms with Crippen LogP contribution in [0.15, 0.2) is 0 Å². The first-order valence-electron chi connectivity index (χ1n) is 5.56. The molecule has 0 aromatic heterocycles. The molecule has 13 heavy (non-hydrogen) atoms.